The van der Waals surface area contributed by atoms with Crippen molar-refractivity contribution in [3.63, 3.8) is 0 Å². The van der Waals surface area contributed by atoms with Crippen LogP contribution in [-0.4, -0.2) is 60.2 Å². The Labute approximate surface area is 165 Å². The largest absolute Gasteiger partial charge is 0.454 e. The zero-order valence-corrected chi connectivity index (χ0v) is 16.8. The molecule has 4 rings (SSSR count). The molecule has 2 aromatic rings. The van der Waals surface area contributed by atoms with Crippen LogP contribution in [0.25, 0.3) is 0 Å². The number of carbonyl (C=O) groups is 1. The molecule has 1 unspecified atom stereocenters. The summed E-state index contributed by atoms with van der Waals surface area (Å²) in [7, 11) is 0. The normalized spacial score (nSPS) is 17.8. The first-order valence-corrected chi connectivity index (χ1v) is 10.8. The zero-order chi connectivity index (χ0) is 18.8. The Kier molecular flexibility index (Phi) is 5.37. The number of thioether (sulfide) groups is 1. The maximum atomic E-state index is 11.1. The molecule has 0 radical (unpaired) electrons. The van der Waals surface area contributed by atoms with E-state index < -0.39 is 0 Å². The molecule has 1 aromatic heterocycles. The predicted molar refractivity (Wildman–Crippen MR) is 107 cm³/mol. The van der Waals surface area contributed by atoms with E-state index in [1.54, 1.807) is 0 Å². The molecule has 1 atom stereocenters. The number of hydrogen-bond acceptors (Lipinski definition) is 9. The van der Waals surface area contributed by atoms with Crippen LogP contribution >= 0.6 is 23.1 Å². The zero-order valence-electron chi connectivity index (χ0n) is 15.2. The fourth-order valence-electron chi connectivity index (χ4n) is 3.25. The molecule has 2 aliphatic rings. The third-order valence-electron chi connectivity index (χ3n) is 4.52. The SMILES string of the molecule is CSC(c1ccc2c(c1)OCO2)N1CCN(c2nnc(NC(C)=O)s2)CC1. The average Bonchev–Trinajstić information content (AvgIpc) is 3.31. The van der Waals surface area contributed by atoms with E-state index in [0.717, 1.165) is 42.8 Å². The maximum absolute atomic E-state index is 11.1. The Morgan fingerprint density at radius 3 is 2.74 bits per heavy atom. The molecule has 0 saturated carbocycles. The molecule has 0 aliphatic carbocycles. The van der Waals surface area contributed by atoms with Gasteiger partial charge in [-0.15, -0.1) is 22.0 Å². The molecular formula is C17H21N5O3S2. The van der Waals surface area contributed by atoms with Gasteiger partial charge in [-0.05, 0) is 24.0 Å². The number of anilines is 2. The van der Waals surface area contributed by atoms with Crippen LogP contribution in [0.2, 0.25) is 0 Å². The maximum Gasteiger partial charge on any atom is 0.231 e. The number of fused-ring (bicyclic) bond motifs is 1. The number of ether oxygens (including phenoxy) is 2. The van der Waals surface area contributed by atoms with Crippen molar-refractivity contribution in [1.29, 1.82) is 0 Å². The molecule has 2 aliphatic heterocycles. The van der Waals surface area contributed by atoms with E-state index in [-0.39, 0.29) is 11.3 Å². The fourth-order valence-corrected chi connectivity index (χ4v) is 5.03. The van der Waals surface area contributed by atoms with E-state index in [0.29, 0.717) is 11.9 Å². The van der Waals surface area contributed by atoms with Crippen LogP contribution in [0, 0.1) is 0 Å². The van der Waals surface area contributed by atoms with Crippen LogP contribution in [0.5, 0.6) is 11.5 Å². The second-order valence-corrected chi connectivity index (χ2v) is 8.17. The molecule has 8 nitrogen and oxygen atoms in total. The number of hydrogen-bond donors (Lipinski definition) is 1. The van der Waals surface area contributed by atoms with Gasteiger partial charge in [-0.3, -0.25) is 9.69 Å². The fraction of sp³-hybridized carbons (Fsp3) is 0.471. The van der Waals surface area contributed by atoms with Crippen molar-refractivity contribution < 1.29 is 14.3 Å². The van der Waals surface area contributed by atoms with Gasteiger partial charge in [0.15, 0.2) is 11.5 Å². The van der Waals surface area contributed by atoms with Crippen molar-refractivity contribution in [1.82, 2.24) is 15.1 Å². The molecule has 1 N–H and O–H groups in total. The second-order valence-electron chi connectivity index (χ2n) is 6.29. The lowest BCUT2D eigenvalue weighted by molar-refractivity contribution is -0.114. The summed E-state index contributed by atoms with van der Waals surface area (Å²) in [6.07, 6.45) is 2.13. The monoisotopic (exact) mass is 407 g/mol. The van der Waals surface area contributed by atoms with Crippen LogP contribution in [0.4, 0.5) is 10.3 Å². The minimum atomic E-state index is -0.131. The molecule has 1 saturated heterocycles. The highest BCUT2D eigenvalue weighted by molar-refractivity contribution is 7.98. The summed E-state index contributed by atoms with van der Waals surface area (Å²) < 4.78 is 10.9. The third kappa shape index (κ3) is 3.97. The first kappa shape index (κ1) is 18.3. The third-order valence-corrected chi connectivity index (χ3v) is 6.44. The number of nitrogens with zero attached hydrogens (tertiary/aromatic N) is 4. The minimum Gasteiger partial charge on any atom is -0.454 e. The molecule has 1 aromatic carbocycles. The number of aromatic nitrogens is 2. The summed E-state index contributed by atoms with van der Waals surface area (Å²) in [5, 5.41) is 12.6. The van der Waals surface area contributed by atoms with E-state index in [2.05, 4.69) is 43.7 Å². The van der Waals surface area contributed by atoms with Gasteiger partial charge < -0.3 is 19.7 Å². The molecule has 3 heterocycles. The highest BCUT2D eigenvalue weighted by atomic mass is 32.2. The number of amides is 1. The number of carbonyl (C=O) groups excluding carboxylic acids is 1. The van der Waals surface area contributed by atoms with E-state index in [1.807, 2.05) is 17.8 Å². The quantitative estimate of drug-likeness (QED) is 0.809. The average molecular weight is 408 g/mol. The Hall–Kier alpha value is -2.04. The molecule has 27 heavy (non-hydrogen) atoms. The number of nitrogens with one attached hydrogen (secondary N) is 1. The lowest BCUT2D eigenvalue weighted by Crippen LogP contribution is -2.47. The van der Waals surface area contributed by atoms with Gasteiger partial charge in [0.2, 0.25) is 23.0 Å². The van der Waals surface area contributed by atoms with Gasteiger partial charge in [-0.2, -0.15) is 0 Å². The van der Waals surface area contributed by atoms with Crippen molar-refractivity contribution in [2.45, 2.75) is 12.3 Å². The molecular weight excluding hydrogens is 386 g/mol. The van der Waals surface area contributed by atoms with Crippen molar-refractivity contribution >= 4 is 39.3 Å². The summed E-state index contributed by atoms with van der Waals surface area (Å²) in [5.74, 6) is 1.51. The Bertz CT molecular complexity index is 823. The molecule has 0 spiro atoms. The second kappa shape index (κ2) is 7.91. The van der Waals surface area contributed by atoms with Crippen LogP contribution in [0.15, 0.2) is 18.2 Å². The van der Waals surface area contributed by atoms with E-state index in [4.69, 9.17) is 9.47 Å². The summed E-state index contributed by atoms with van der Waals surface area (Å²) in [5.41, 5.74) is 1.23. The van der Waals surface area contributed by atoms with Gasteiger partial charge >= 0.3 is 0 Å². The lowest BCUT2D eigenvalue weighted by Gasteiger charge is -2.38. The minimum absolute atomic E-state index is 0.131. The molecule has 0 bridgehead atoms. The van der Waals surface area contributed by atoms with E-state index in [9.17, 15) is 4.79 Å². The van der Waals surface area contributed by atoms with Gasteiger partial charge in [0.05, 0.1) is 5.37 Å². The smallest absolute Gasteiger partial charge is 0.231 e. The number of piperazine rings is 1. The first-order valence-electron chi connectivity index (χ1n) is 8.66. The molecule has 10 heteroatoms. The van der Waals surface area contributed by atoms with Gasteiger partial charge in [-0.25, -0.2) is 0 Å². The highest BCUT2D eigenvalue weighted by Gasteiger charge is 2.27. The molecule has 1 amide bonds. The van der Waals surface area contributed by atoms with Crippen molar-refractivity contribution in [3.05, 3.63) is 23.8 Å². The number of rotatable bonds is 5. The van der Waals surface area contributed by atoms with Crippen molar-refractivity contribution in [2.24, 2.45) is 0 Å². The van der Waals surface area contributed by atoms with Crippen LogP contribution < -0.4 is 19.7 Å². The van der Waals surface area contributed by atoms with Gasteiger partial charge in [0.1, 0.15) is 0 Å². The topological polar surface area (TPSA) is 79.8 Å². The van der Waals surface area contributed by atoms with Crippen molar-refractivity contribution in [3.8, 4) is 11.5 Å². The van der Waals surface area contributed by atoms with Gasteiger partial charge in [0.25, 0.3) is 0 Å². The summed E-state index contributed by atoms with van der Waals surface area (Å²) in [4.78, 5) is 15.8. The molecule has 1 fully saturated rings. The first-order chi connectivity index (χ1) is 13.1. The van der Waals surface area contributed by atoms with Crippen molar-refractivity contribution in [2.75, 3.05) is 49.4 Å². The lowest BCUT2D eigenvalue weighted by atomic mass is 10.1. The van der Waals surface area contributed by atoms with Crippen LogP contribution in [0.3, 0.4) is 0 Å². The van der Waals surface area contributed by atoms with E-state index in [1.165, 1.54) is 23.8 Å². The van der Waals surface area contributed by atoms with Gasteiger partial charge in [-0.1, -0.05) is 17.4 Å². The Morgan fingerprint density at radius 2 is 2.00 bits per heavy atom. The van der Waals surface area contributed by atoms with Crippen LogP contribution in [0.1, 0.15) is 17.9 Å². The summed E-state index contributed by atoms with van der Waals surface area (Å²) in [6.45, 7) is 5.36. The Balaban J connectivity index is 1.40. The van der Waals surface area contributed by atoms with E-state index >= 15 is 0 Å². The standard InChI is InChI=1S/C17H21N5O3S2/c1-11(23)18-16-19-20-17(27-16)22-7-5-21(6-8-22)15(26-2)12-3-4-13-14(9-12)25-10-24-13/h3-4,9,15H,5-8,10H2,1-2H3,(H,18,19,23). The van der Waals surface area contributed by atoms with Crippen LogP contribution in [-0.2, 0) is 4.79 Å². The molecule has 144 valence electrons. The summed E-state index contributed by atoms with van der Waals surface area (Å²) >= 11 is 3.23. The highest BCUT2D eigenvalue weighted by Crippen LogP contribution is 2.39. The predicted octanol–water partition coefficient (Wildman–Crippen LogP) is 2.41. The number of benzene rings is 1. The Morgan fingerprint density at radius 1 is 1.22 bits per heavy atom. The van der Waals surface area contributed by atoms with Gasteiger partial charge in [0, 0.05) is 33.1 Å². The summed E-state index contributed by atoms with van der Waals surface area (Å²) in [6, 6.07) is 6.19.